The molecule has 0 N–H and O–H groups in total. The first kappa shape index (κ1) is 13.7. The number of fused-ring (bicyclic) bond motifs is 1. The minimum atomic E-state index is 0.476. The monoisotopic (exact) mass is 297 g/mol. The van der Waals surface area contributed by atoms with Gasteiger partial charge < -0.3 is 4.90 Å². The van der Waals surface area contributed by atoms with Crippen molar-refractivity contribution < 1.29 is 0 Å². The SMILES string of the molecule is CN1C[C@H]2CCCC[C@@]2(Cc2ccc(Cl)c(Cl)c2)C1. The first-order chi connectivity index (χ1) is 9.09. The normalized spacial score (nSPS) is 31.4. The second-order valence-electron chi connectivity index (χ2n) is 6.43. The average Bonchev–Trinajstić information content (AvgIpc) is 2.69. The van der Waals surface area contributed by atoms with Crippen LogP contribution in [0.4, 0.5) is 0 Å². The van der Waals surface area contributed by atoms with Crippen LogP contribution >= 0.6 is 23.2 Å². The summed E-state index contributed by atoms with van der Waals surface area (Å²) in [5.74, 6) is 0.862. The van der Waals surface area contributed by atoms with Crippen molar-refractivity contribution in [3.8, 4) is 0 Å². The van der Waals surface area contributed by atoms with Gasteiger partial charge in [-0.25, -0.2) is 0 Å². The first-order valence-electron chi connectivity index (χ1n) is 7.22. The van der Waals surface area contributed by atoms with E-state index < -0.39 is 0 Å². The first-order valence-corrected chi connectivity index (χ1v) is 7.97. The molecule has 1 aliphatic heterocycles. The Labute approximate surface area is 125 Å². The maximum absolute atomic E-state index is 6.16. The van der Waals surface area contributed by atoms with Gasteiger partial charge in [0.15, 0.2) is 0 Å². The number of benzene rings is 1. The summed E-state index contributed by atoms with van der Waals surface area (Å²) in [5.41, 5.74) is 1.82. The molecule has 0 bridgehead atoms. The third-order valence-electron chi connectivity index (χ3n) is 5.00. The van der Waals surface area contributed by atoms with E-state index >= 15 is 0 Å². The molecule has 0 spiro atoms. The van der Waals surface area contributed by atoms with Crippen molar-refractivity contribution >= 4 is 23.2 Å². The predicted octanol–water partition coefficient (Wildman–Crippen LogP) is 4.66. The molecule has 1 aromatic rings. The van der Waals surface area contributed by atoms with Crippen molar-refractivity contribution in [2.24, 2.45) is 11.3 Å². The Morgan fingerprint density at radius 1 is 1.26 bits per heavy atom. The molecule has 0 unspecified atom stereocenters. The molecule has 0 radical (unpaired) electrons. The molecular weight excluding hydrogens is 277 g/mol. The third-order valence-corrected chi connectivity index (χ3v) is 5.74. The van der Waals surface area contributed by atoms with Crippen LogP contribution in [0.3, 0.4) is 0 Å². The van der Waals surface area contributed by atoms with Gasteiger partial charge in [0.2, 0.25) is 0 Å². The minimum Gasteiger partial charge on any atom is -0.305 e. The maximum atomic E-state index is 6.16. The van der Waals surface area contributed by atoms with E-state index in [0.29, 0.717) is 15.5 Å². The van der Waals surface area contributed by atoms with Crippen LogP contribution in [0.2, 0.25) is 10.0 Å². The highest BCUT2D eigenvalue weighted by Crippen LogP contribution is 2.48. The van der Waals surface area contributed by atoms with Crippen LogP contribution < -0.4 is 0 Å². The largest absolute Gasteiger partial charge is 0.305 e. The smallest absolute Gasteiger partial charge is 0.0595 e. The maximum Gasteiger partial charge on any atom is 0.0595 e. The number of rotatable bonds is 2. The van der Waals surface area contributed by atoms with E-state index in [-0.39, 0.29) is 0 Å². The second kappa shape index (κ2) is 5.27. The molecule has 3 rings (SSSR count). The average molecular weight is 298 g/mol. The Hall–Kier alpha value is -0.240. The van der Waals surface area contributed by atoms with Crippen molar-refractivity contribution in [2.75, 3.05) is 20.1 Å². The topological polar surface area (TPSA) is 3.24 Å². The van der Waals surface area contributed by atoms with Gasteiger partial charge in [-0.15, -0.1) is 0 Å². The van der Waals surface area contributed by atoms with Crippen LogP contribution in [0.25, 0.3) is 0 Å². The van der Waals surface area contributed by atoms with E-state index in [9.17, 15) is 0 Å². The Morgan fingerprint density at radius 3 is 2.89 bits per heavy atom. The molecule has 1 saturated carbocycles. The lowest BCUT2D eigenvalue weighted by atomic mass is 9.65. The summed E-state index contributed by atoms with van der Waals surface area (Å²) in [4.78, 5) is 2.51. The zero-order chi connectivity index (χ0) is 13.5. The lowest BCUT2D eigenvalue weighted by Crippen LogP contribution is -2.35. The Morgan fingerprint density at radius 2 is 2.11 bits per heavy atom. The highest BCUT2D eigenvalue weighted by Gasteiger charge is 2.46. The summed E-state index contributed by atoms with van der Waals surface area (Å²) in [7, 11) is 2.26. The van der Waals surface area contributed by atoms with Gasteiger partial charge in [-0.05, 0) is 55.3 Å². The van der Waals surface area contributed by atoms with Gasteiger partial charge in [-0.1, -0.05) is 42.1 Å². The summed E-state index contributed by atoms with van der Waals surface area (Å²) < 4.78 is 0. The van der Waals surface area contributed by atoms with Gasteiger partial charge in [0.25, 0.3) is 0 Å². The Kier molecular flexibility index (Phi) is 3.81. The molecule has 2 atom stereocenters. The van der Waals surface area contributed by atoms with Crippen LogP contribution in [0.1, 0.15) is 31.2 Å². The van der Waals surface area contributed by atoms with Crippen molar-refractivity contribution in [1.82, 2.24) is 4.90 Å². The number of hydrogen-bond donors (Lipinski definition) is 0. The molecule has 1 aromatic carbocycles. The quantitative estimate of drug-likeness (QED) is 0.767. The van der Waals surface area contributed by atoms with Crippen LogP contribution in [0, 0.1) is 11.3 Å². The van der Waals surface area contributed by atoms with Crippen LogP contribution in [0.15, 0.2) is 18.2 Å². The second-order valence-corrected chi connectivity index (χ2v) is 7.24. The van der Waals surface area contributed by atoms with Gasteiger partial charge in [0.1, 0.15) is 0 Å². The van der Waals surface area contributed by atoms with E-state index in [4.69, 9.17) is 23.2 Å². The van der Waals surface area contributed by atoms with E-state index in [0.717, 1.165) is 12.3 Å². The van der Waals surface area contributed by atoms with Gasteiger partial charge in [0.05, 0.1) is 10.0 Å². The van der Waals surface area contributed by atoms with E-state index in [1.54, 1.807) is 0 Å². The lowest BCUT2D eigenvalue weighted by molar-refractivity contribution is 0.146. The predicted molar refractivity (Wildman–Crippen MR) is 82.1 cm³/mol. The van der Waals surface area contributed by atoms with E-state index in [2.05, 4.69) is 24.1 Å². The molecule has 3 heteroatoms. The minimum absolute atomic E-state index is 0.476. The molecule has 1 heterocycles. The van der Waals surface area contributed by atoms with Gasteiger partial charge in [-0.3, -0.25) is 0 Å². The van der Waals surface area contributed by atoms with Crippen LogP contribution in [-0.4, -0.2) is 25.0 Å². The molecule has 19 heavy (non-hydrogen) atoms. The summed E-state index contributed by atoms with van der Waals surface area (Å²) in [6, 6.07) is 6.14. The van der Waals surface area contributed by atoms with Gasteiger partial charge >= 0.3 is 0 Å². The summed E-state index contributed by atoms with van der Waals surface area (Å²) in [6.45, 7) is 2.50. The van der Waals surface area contributed by atoms with Crippen molar-refractivity contribution in [3.05, 3.63) is 33.8 Å². The third kappa shape index (κ3) is 2.66. The summed E-state index contributed by atoms with van der Waals surface area (Å²) in [5, 5.41) is 1.35. The highest BCUT2D eigenvalue weighted by molar-refractivity contribution is 6.42. The molecular formula is C16H21Cl2N. The highest BCUT2D eigenvalue weighted by atomic mass is 35.5. The molecule has 2 aliphatic rings. The van der Waals surface area contributed by atoms with Crippen molar-refractivity contribution in [2.45, 2.75) is 32.1 Å². The molecule has 2 fully saturated rings. The van der Waals surface area contributed by atoms with Crippen LogP contribution in [-0.2, 0) is 6.42 Å². The number of hydrogen-bond acceptors (Lipinski definition) is 1. The molecule has 0 amide bonds. The Balaban J connectivity index is 1.85. The summed E-state index contributed by atoms with van der Waals surface area (Å²) in [6.07, 6.45) is 6.69. The fourth-order valence-corrected chi connectivity index (χ4v) is 4.51. The van der Waals surface area contributed by atoms with Crippen molar-refractivity contribution in [1.29, 1.82) is 0 Å². The van der Waals surface area contributed by atoms with Crippen LogP contribution in [0.5, 0.6) is 0 Å². The van der Waals surface area contributed by atoms with Gasteiger partial charge in [-0.2, -0.15) is 0 Å². The Bertz CT molecular complexity index is 474. The number of likely N-dealkylation sites (tertiary alicyclic amines) is 1. The van der Waals surface area contributed by atoms with Crippen molar-refractivity contribution in [3.63, 3.8) is 0 Å². The molecule has 104 valence electrons. The van der Waals surface area contributed by atoms with Gasteiger partial charge in [0, 0.05) is 13.1 Å². The zero-order valence-electron chi connectivity index (χ0n) is 11.5. The molecule has 1 nitrogen and oxygen atoms in total. The summed E-state index contributed by atoms with van der Waals surface area (Å²) >= 11 is 12.2. The molecule has 0 aromatic heterocycles. The fraction of sp³-hybridized carbons (Fsp3) is 0.625. The van der Waals surface area contributed by atoms with E-state index in [1.807, 2.05) is 6.07 Å². The zero-order valence-corrected chi connectivity index (χ0v) is 13.0. The number of nitrogens with zero attached hydrogens (tertiary/aromatic N) is 1. The standard InChI is InChI=1S/C16H21Cl2N/c1-19-10-13-4-2-3-7-16(13,11-19)9-12-5-6-14(17)15(18)8-12/h5-6,8,13H,2-4,7,9-11H2,1H3/t13-,16-/m1/s1. The fourth-order valence-electron chi connectivity index (χ4n) is 4.19. The lowest BCUT2D eigenvalue weighted by Gasteiger charge is -2.39. The molecule has 1 saturated heterocycles. The van der Waals surface area contributed by atoms with E-state index in [1.165, 1.54) is 44.3 Å². The molecule has 1 aliphatic carbocycles. The number of halogens is 2.